The van der Waals surface area contributed by atoms with Gasteiger partial charge in [-0.25, -0.2) is 4.98 Å². The Bertz CT molecular complexity index is 608. The second-order valence-corrected chi connectivity index (χ2v) is 5.29. The van der Waals surface area contributed by atoms with Crippen molar-refractivity contribution in [3.05, 3.63) is 18.0 Å². The van der Waals surface area contributed by atoms with Crippen LogP contribution in [0.3, 0.4) is 0 Å². The van der Waals surface area contributed by atoms with Crippen molar-refractivity contribution >= 4 is 22.8 Å². The number of aromatic nitrogens is 3. The summed E-state index contributed by atoms with van der Waals surface area (Å²) in [5.41, 5.74) is 1.65. The van der Waals surface area contributed by atoms with Crippen molar-refractivity contribution in [1.82, 2.24) is 14.5 Å². The van der Waals surface area contributed by atoms with Crippen LogP contribution in [-0.4, -0.2) is 34.4 Å². The van der Waals surface area contributed by atoms with Crippen molar-refractivity contribution in [3.63, 3.8) is 0 Å². The number of ether oxygens (including phenoxy) is 2. The van der Waals surface area contributed by atoms with Gasteiger partial charge in [0, 0.05) is 12.7 Å². The number of halogens is 1. The maximum absolute atomic E-state index is 6.04. The maximum atomic E-state index is 6.04. The van der Waals surface area contributed by atoms with E-state index in [4.69, 9.17) is 21.1 Å². The Kier molecular flexibility index (Phi) is 3.81. The molecule has 0 spiro atoms. The lowest BCUT2D eigenvalue weighted by Crippen LogP contribution is -2.22. The molecule has 2 atom stereocenters. The van der Waals surface area contributed by atoms with Crippen LogP contribution in [-0.2, 0) is 10.6 Å². The Morgan fingerprint density at radius 3 is 3.00 bits per heavy atom. The zero-order chi connectivity index (χ0) is 14.1. The topological polar surface area (TPSA) is 49.2 Å². The zero-order valence-corrected chi connectivity index (χ0v) is 12.4. The number of fused-ring (bicyclic) bond motifs is 1. The number of methoxy groups -OCH3 is 1. The summed E-state index contributed by atoms with van der Waals surface area (Å²) < 4.78 is 13.1. The first-order chi connectivity index (χ1) is 9.74. The van der Waals surface area contributed by atoms with Crippen molar-refractivity contribution in [1.29, 1.82) is 0 Å². The summed E-state index contributed by atoms with van der Waals surface area (Å²) in [5.74, 6) is 1.76. The molecule has 2 aromatic heterocycles. The molecule has 3 rings (SSSR count). The van der Waals surface area contributed by atoms with E-state index in [2.05, 4.69) is 21.5 Å². The lowest BCUT2D eigenvalue weighted by atomic mass is 10.1. The van der Waals surface area contributed by atoms with Crippen LogP contribution in [0.1, 0.15) is 31.6 Å². The molecule has 0 aromatic carbocycles. The fourth-order valence-corrected chi connectivity index (χ4v) is 2.98. The second kappa shape index (κ2) is 5.58. The molecule has 1 fully saturated rings. The molecule has 0 radical (unpaired) electrons. The highest BCUT2D eigenvalue weighted by atomic mass is 35.5. The summed E-state index contributed by atoms with van der Waals surface area (Å²) in [4.78, 5) is 9.08. The molecule has 20 heavy (non-hydrogen) atoms. The van der Waals surface area contributed by atoms with Gasteiger partial charge in [0.15, 0.2) is 5.65 Å². The van der Waals surface area contributed by atoms with Gasteiger partial charge in [0.25, 0.3) is 0 Å². The molecule has 1 aliphatic heterocycles. The van der Waals surface area contributed by atoms with Gasteiger partial charge in [-0.2, -0.15) is 4.98 Å². The minimum atomic E-state index is 0.163. The van der Waals surface area contributed by atoms with Gasteiger partial charge >= 0.3 is 0 Å². The van der Waals surface area contributed by atoms with E-state index in [1.807, 2.05) is 12.1 Å². The summed E-state index contributed by atoms with van der Waals surface area (Å²) in [6, 6.07) is 3.89. The quantitative estimate of drug-likeness (QED) is 0.814. The molecule has 5 nitrogen and oxygen atoms in total. The predicted octanol–water partition coefficient (Wildman–Crippen LogP) is 2.92. The molecule has 1 saturated heterocycles. The predicted molar refractivity (Wildman–Crippen MR) is 77.3 cm³/mol. The molecule has 3 heterocycles. The number of hydrogen-bond acceptors (Lipinski definition) is 4. The molecule has 2 unspecified atom stereocenters. The van der Waals surface area contributed by atoms with Crippen molar-refractivity contribution in [2.45, 2.75) is 37.8 Å². The summed E-state index contributed by atoms with van der Waals surface area (Å²) in [7, 11) is 1.61. The summed E-state index contributed by atoms with van der Waals surface area (Å²) in [6.07, 6.45) is 2.36. The van der Waals surface area contributed by atoms with Crippen molar-refractivity contribution in [2.75, 3.05) is 13.7 Å². The average molecular weight is 296 g/mol. The van der Waals surface area contributed by atoms with Gasteiger partial charge in [0.1, 0.15) is 11.3 Å². The van der Waals surface area contributed by atoms with Gasteiger partial charge in [0.2, 0.25) is 5.88 Å². The van der Waals surface area contributed by atoms with Gasteiger partial charge in [-0.05, 0) is 25.8 Å². The minimum absolute atomic E-state index is 0.163. The van der Waals surface area contributed by atoms with E-state index in [9.17, 15) is 0 Å². The molecular weight excluding hydrogens is 278 g/mol. The fraction of sp³-hybridized carbons (Fsp3) is 0.571. The molecule has 108 valence electrons. The molecule has 0 saturated carbocycles. The first kappa shape index (κ1) is 13.6. The fourth-order valence-electron chi connectivity index (χ4n) is 2.79. The highest BCUT2D eigenvalue weighted by Gasteiger charge is 2.27. The number of imidazole rings is 1. The monoisotopic (exact) mass is 295 g/mol. The molecule has 0 amide bonds. The van der Waals surface area contributed by atoms with Crippen LogP contribution in [0, 0.1) is 0 Å². The summed E-state index contributed by atoms with van der Waals surface area (Å²) in [5, 5.41) is 0. The van der Waals surface area contributed by atoms with Crippen LogP contribution in [0.5, 0.6) is 5.88 Å². The standard InChI is InChI=1S/C14H18ClN3O2/c1-9(11-4-3-7-20-11)18-12(8-15)16-10-5-6-13(19-2)17-14(10)18/h5-6,9,11H,3-4,7-8H2,1-2H3. The van der Waals surface area contributed by atoms with Crippen LogP contribution >= 0.6 is 11.6 Å². The average Bonchev–Trinajstić information content (AvgIpc) is 3.12. The molecular formula is C14H18ClN3O2. The highest BCUT2D eigenvalue weighted by molar-refractivity contribution is 6.16. The zero-order valence-electron chi connectivity index (χ0n) is 11.7. The van der Waals surface area contributed by atoms with Crippen LogP contribution in [0.25, 0.3) is 11.2 Å². The lowest BCUT2D eigenvalue weighted by molar-refractivity contribution is 0.0736. The van der Waals surface area contributed by atoms with E-state index in [1.54, 1.807) is 7.11 Å². The molecule has 0 bridgehead atoms. The number of nitrogens with zero attached hydrogens (tertiary/aromatic N) is 3. The Labute approximate surface area is 122 Å². The number of hydrogen-bond donors (Lipinski definition) is 0. The van der Waals surface area contributed by atoms with E-state index < -0.39 is 0 Å². The van der Waals surface area contributed by atoms with Gasteiger partial charge in [0.05, 0.1) is 25.1 Å². The van der Waals surface area contributed by atoms with E-state index in [0.29, 0.717) is 11.8 Å². The van der Waals surface area contributed by atoms with Gasteiger partial charge in [-0.1, -0.05) is 0 Å². The summed E-state index contributed by atoms with van der Waals surface area (Å²) in [6.45, 7) is 2.96. The van der Waals surface area contributed by atoms with Crippen molar-refractivity contribution in [3.8, 4) is 5.88 Å². The van der Waals surface area contributed by atoms with Gasteiger partial charge in [-0.15, -0.1) is 11.6 Å². The van der Waals surface area contributed by atoms with E-state index in [1.165, 1.54) is 0 Å². The molecule has 2 aromatic rings. The molecule has 6 heteroatoms. The third kappa shape index (κ3) is 2.25. The van der Waals surface area contributed by atoms with Crippen LogP contribution in [0.4, 0.5) is 0 Å². The number of pyridine rings is 1. The largest absolute Gasteiger partial charge is 0.481 e. The van der Waals surface area contributed by atoms with E-state index in [-0.39, 0.29) is 12.1 Å². The Hall–Kier alpha value is -1.33. The van der Waals surface area contributed by atoms with Gasteiger partial charge < -0.3 is 14.0 Å². The Morgan fingerprint density at radius 2 is 2.35 bits per heavy atom. The lowest BCUT2D eigenvalue weighted by Gasteiger charge is -2.22. The van der Waals surface area contributed by atoms with Crippen LogP contribution < -0.4 is 4.74 Å². The third-order valence-corrected chi connectivity index (χ3v) is 4.06. The summed E-state index contributed by atoms with van der Waals surface area (Å²) >= 11 is 6.04. The van der Waals surface area contributed by atoms with Crippen LogP contribution in [0.15, 0.2) is 12.1 Å². The normalized spacial score (nSPS) is 20.4. The Balaban J connectivity index is 2.10. The maximum Gasteiger partial charge on any atom is 0.215 e. The SMILES string of the molecule is COc1ccc2nc(CCl)n(C(C)C3CCCO3)c2n1. The molecule has 0 N–H and O–H groups in total. The number of rotatable bonds is 4. The van der Waals surface area contributed by atoms with Gasteiger partial charge in [-0.3, -0.25) is 0 Å². The molecule has 0 aliphatic carbocycles. The Morgan fingerprint density at radius 1 is 1.50 bits per heavy atom. The highest BCUT2D eigenvalue weighted by Crippen LogP contribution is 2.29. The van der Waals surface area contributed by atoms with Crippen LogP contribution in [0.2, 0.25) is 0 Å². The number of alkyl halides is 1. The minimum Gasteiger partial charge on any atom is -0.481 e. The van der Waals surface area contributed by atoms with E-state index in [0.717, 1.165) is 36.4 Å². The van der Waals surface area contributed by atoms with E-state index >= 15 is 0 Å². The van der Waals surface area contributed by atoms with Crippen molar-refractivity contribution in [2.24, 2.45) is 0 Å². The molecule has 1 aliphatic rings. The first-order valence-corrected chi connectivity index (χ1v) is 7.37. The van der Waals surface area contributed by atoms with Crippen molar-refractivity contribution < 1.29 is 9.47 Å². The third-order valence-electron chi connectivity index (χ3n) is 3.82. The first-order valence-electron chi connectivity index (χ1n) is 6.84. The smallest absolute Gasteiger partial charge is 0.215 e. The second-order valence-electron chi connectivity index (χ2n) is 5.02.